The molecule has 1 fully saturated rings. The minimum atomic E-state index is -0.754. The van der Waals surface area contributed by atoms with Crippen molar-refractivity contribution in [1.29, 1.82) is 0 Å². The van der Waals surface area contributed by atoms with Crippen molar-refractivity contribution in [1.82, 2.24) is 0 Å². The Morgan fingerprint density at radius 3 is 2.68 bits per heavy atom. The minimum Gasteiger partial charge on any atom is -0.481 e. The maximum absolute atomic E-state index is 11.4. The van der Waals surface area contributed by atoms with Crippen LogP contribution in [-0.4, -0.2) is 23.0 Å². The first-order valence-corrected chi connectivity index (χ1v) is 6.85. The number of carboxylic acids is 1. The second kappa shape index (κ2) is 5.61. The zero-order valence-electron chi connectivity index (χ0n) is 10.2. The second-order valence-electron chi connectivity index (χ2n) is 4.74. The molecule has 0 saturated heterocycles. The normalized spacial score (nSPS) is 22.2. The predicted molar refractivity (Wildman–Crippen MR) is 75.0 cm³/mol. The zero-order chi connectivity index (χ0) is 14.0. The van der Waals surface area contributed by atoms with Crippen LogP contribution < -0.4 is 11.1 Å². The van der Waals surface area contributed by atoms with Gasteiger partial charge in [0.1, 0.15) is 0 Å². The Morgan fingerprint density at radius 1 is 1.37 bits per heavy atom. The quantitative estimate of drug-likeness (QED) is 0.790. The molecule has 0 heterocycles. The van der Waals surface area contributed by atoms with Crippen molar-refractivity contribution in [2.45, 2.75) is 25.3 Å². The summed E-state index contributed by atoms with van der Waals surface area (Å²) in [5, 5.41) is 12.2. The summed E-state index contributed by atoms with van der Waals surface area (Å²) in [6, 6.07) is 5.32. The molecular weight excluding hydrogens is 312 g/mol. The summed E-state index contributed by atoms with van der Waals surface area (Å²) < 4.78 is 0.779. The standard InChI is InChI=1S/C13H15BrN2O3/c14-8-2-4-11(10(6-8)12(15)17)16-9-3-1-7(5-9)13(18)19/h2,4,6-7,9,16H,1,3,5H2,(H2,15,17)(H,18,19). The molecule has 0 bridgehead atoms. The molecule has 19 heavy (non-hydrogen) atoms. The van der Waals surface area contributed by atoms with Crippen LogP contribution in [0.15, 0.2) is 22.7 Å². The number of rotatable bonds is 4. The van der Waals surface area contributed by atoms with Gasteiger partial charge in [-0.2, -0.15) is 0 Å². The van der Waals surface area contributed by atoms with Gasteiger partial charge < -0.3 is 16.2 Å². The lowest BCUT2D eigenvalue weighted by molar-refractivity contribution is -0.141. The first-order valence-electron chi connectivity index (χ1n) is 6.06. The van der Waals surface area contributed by atoms with Crippen molar-refractivity contribution in [3.05, 3.63) is 28.2 Å². The molecule has 5 nitrogen and oxygen atoms in total. The van der Waals surface area contributed by atoms with Crippen LogP contribution in [0.3, 0.4) is 0 Å². The number of carboxylic acid groups (broad SMARTS) is 1. The van der Waals surface area contributed by atoms with E-state index in [1.807, 2.05) is 6.07 Å². The molecule has 6 heteroatoms. The number of primary amides is 1. The molecule has 2 atom stereocenters. The molecule has 1 amide bonds. The predicted octanol–water partition coefficient (Wildman–Crippen LogP) is 2.21. The molecule has 1 aromatic carbocycles. The van der Waals surface area contributed by atoms with Crippen LogP contribution in [0.1, 0.15) is 29.6 Å². The summed E-state index contributed by atoms with van der Waals surface area (Å²) in [6.07, 6.45) is 2.02. The van der Waals surface area contributed by atoms with Gasteiger partial charge in [-0.05, 0) is 37.5 Å². The van der Waals surface area contributed by atoms with E-state index in [-0.39, 0.29) is 12.0 Å². The highest BCUT2D eigenvalue weighted by Gasteiger charge is 2.30. The maximum Gasteiger partial charge on any atom is 0.306 e. The highest BCUT2D eigenvalue weighted by Crippen LogP contribution is 2.30. The molecule has 0 aliphatic heterocycles. The molecule has 2 rings (SSSR count). The second-order valence-corrected chi connectivity index (χ2v) is 5.66. The Bertz CT molecular complexity index is 519. The molecule has 102 valence electrons. The van der Waals surface area contributed by atoms with Crippen molar-refractivity contribution >= 4 is 33.5 Å². The van der Waals surface area contributed by atoms with E-state index >= 15 is 0 Å². The molecule has 1 saturated carbocycles. The summed E-state index contributed by atoms with van der Waals surface area (Å²) in [5.74, 6) is -1.56. The molecule has 2 unspecified atom stereocenters. The lowest BCUT2D eigenvalue weighted by Gasteiger charge is -2.16. The van der Waals surface area contributed by atoms with E-state index in [2.05, 4.69) is 21.2 Å². The number of carbonyl (C=O) groups excluding carboxylic acids is 1. The molecule has 1 aromatic rings. The molecule has 4 N–H and O–H groups in total. The minimum absolute atomic E-state index is 0.0698. The smallest absolute Gasteiger partial charge is 0.306 e. The Kier molecular flexibility index (Phi) is 4.09. The SMILES string of the molecule is NC(=O)c1cc(Br)ccc1NC1CCC(C(=O)O)C1. The fourth-order valence-corrected chi connectivity index (χ4v) is 2.76. The molecule has 1 aliphatic rings. The third kappa shape index (κ3) is 3.26. The van der Waals surface area contributed by atoms with Gasteiger partial charge in [-0.1, -0.05) is 15.9 Å². The summed E-state index contributed by atoms with van der Waals surface area (Å²) in [7, 11) is 0. The van der Waals surface area contributed by atoms with Gasteiger partial charge in [0, 0.05) is 16.2 Å². The Hall–Kier alpha value is -1.56. The Labute approximate surface area is 119 Å². The first kappa shape index (κ1) is 13.9. The average Bonchev–Trinajstić information content (AvgIpc) is 2.80. The van der Waals surface area contributed by atoms with Crippen LogP contribution in [0.5, 0.6) is 0 Å². The number of carbonyl (C=O) groups is 2. The number of anilines is 1. The first-order chi connectivity index (χ1) is 8.97. The fourth-order valence-electron chi connectivity index (χ4n) is 2.40. The number of benzene rings is 1. The van der Waals surface area contributed by atoms with E-state index in [1.165, 1.54) is 0 Å². The third-order valence-electron chi connectivity index (χ3n) is 3.39. The van der Waals surface area contributed by atoms with Crippen molar-refractivity contribution < 1.29 is 14.7 Å². The highest BCUT2D eigenvalue weighted by atomic mass is 79.9. The number of aliphatic carboxylic acids is 1. The fraction of sp³-hybridized carbons (Fsp3) is 0.385. The lowest BCUT2D eigenvalue weighted by Crippen LogP contribution is -2.21. The van der Waals surface area contributed by atoms with Gasteiger partial charge >= 0.3 is 5.97 Å². The molecule has 0 spiro atoms. The number of nitrogens with one attached hydrogen (secondary N) is 1. The van der Waals surface area contributed by atoms with Gasteiger partial charge in [-0.25, -0.2) is 0 Å². The van der Waals surface area contributed by atoms with Crippen molar-refractivity contribution in [2.24, 2.45) is 11.7 Å². The van der Waals surface area contributed by atoms with E-state index in [0.29, 0.717) is 24.1 Å². The van der Waals surface area contributed by atoms with Gasteiger partial charge in [0.25, 0.3) is 5.91 Å². The topological polar surface area (TPSA) is 92.4 Å². The van der Waals surface area contributed by atoms with Gasteiger partial charge in [-0.15, -0.1) is 0 Å². The van der Waals surface area contributed by atoms with Crippen LogP contribution >= 0.6 is 15.9 Å². The van der Waals surface area contributed by atoms with E-state index in [1.54, 1.807) is 12.1 Å². The third-order valence-corrected chi connectivity index (χ3v) is 3.88. The molecule has 0 radical (unpaired) electrons. The largest absolute Gasteiger partial charge is 0.481 e. The summed E-state index contributed by atoms with van der Waals surface area (Å²) >= 11 is 3.29. The lowest BCUT2D eigenvalue weighted by atomic mass is 10.1. The van der Waals surface area contributed by atoms with Crippen LogP contribution in [-0.2, 0) is 4.79 Å². The maximum atomic E-state index is 11.4. The van der Waals surface area contributed by atoms with Crippen molar-refractivity contribution in [3.63, 3.8) is 0 Å². The highest BCUT2D eigenvalue weighted by molar-refractivity contribution is 9.10. The van der Waals surface area contributed by atoms with Crippen molar-refractivity contribution in [2.75, 3.05) is 5.32 Å². The van der Waals surface area contributed by atoms with E-state index in [4.69, 9.17) is 10.8 Å². The Morgan fingerprint density at radius 2 is 2.11 bits per heavy atom. The van der Waals surface area contributed by atoms with Crippen LogP contribution in [0.25, 0.3) is 0 Å². The van der Waals surface area contributed by atoms with E-state index in [0.717, 1.165) is 10.9 Å². The van der Waals surface area contributed by atoms with Crippen LogP contribution in [0.2, 0.25) is 0 Å². The van der Waals surface area contributed by atoms with Crippen LogP contribution in [0, 0.1) is 5.92 Å². The number of hydrogen-bond donors (Lipinski definition) is 3. The number of nitrogens with two attached hydrogens (primary N) is 1. The number of hydrogen-bond acceptors (Lipinski definition) is 3. The van der Waals surface area contributed by atoms with Crippen molar-refractivity contribution in [3.8, 4) is 0 Å². The van der Waals surface area contributed by atoms with Gasteiger partial charge in [0.15, 0.2) is 0 Å². The summed E-state index contributed by atoms with van der Waals surface area (Å²) in [6.45, 7) is 0. The molecule has 0 aromatic heterocycles. The number of amides is 1. The average molecular weight is 327 g/mol. The van der Waals surface area contributed by atoms with E-state index < -0.39 is 11.9 Å². The Balaban J connectivity index is 2.12. The summed E-state index contributed by atoms with van der Waals surface area (Å²) in [4.78, 5) is 22.3. The van der Waals surface area contributed by atoms with Gasteiger partial charge in [-0.3, -0.25) is 9.59 Å². The number of halogens is 1. The molecule has 1 aliphatic carbocycles. The monoisotopic (exact) mass is 326 g/mol. The zero-order valence-corrected chi connectivity index (χ0v) is 11.8. The molecular formula is C13H15BrN2O3. The summed E-state index contributed by atoms with van der Waals surface area (Å²) in [5.41, 5.74) is 6.41. The van der Waals surface area contributed by atoms with Crippen LogP contribution in [0.4, 0.5) is 5.69 Å². The van der Waals surface area contributed by atoms with Gasteiger partial charge in [0.2, 0.25) is 0 Å². The van der Waals surface area contributed by atoms with E-state index in [9.17, 15) is 9.59 Å². The van der Waals surface area contributed by atoms with Gasteiger partial charge in [0.05, 0.1) is 11.5 Å².